The molecule has 27 heteroatoms. The number of pyridine rings is 3. The van der Waals surface area contributed by atoms with Gasteiger partial charge in [-0.05, 0) is 89.7 Å². The molecule has 3 aromatic carbocycles. The van der Waals surface area contributed by atoms with Gasteiger partial charge in [0.05, 0.1) is 45.8 Å². The molecule has 0 saturated carbocycles. The molecule has 0 aliphatic heterocycles. The van der Waals surface area contributed by atoms with Gasteiger partial charge < -0.3 is 21.3 Å². The van der Waals surface area contributed by atoms with Crippen LogP contribution in [0.4, 0.5) is 5.69 Å². The molecule has 0 fully saturated rings. The summed E-state index contributed by atoms with van der Waals surface area (Å²) in [6.45, 7) is 0.864. The van der Waals surface area contributed by atoms with Gasteiger partial charge in [-0.25, -0.2) is 31.4 Å². The number of para-hydroxylation sites is 1. The van der Waals surface area contributed by atoms with E-state index in [1.807, 2.05) is 72.7 Å². The van der Waals surface area contributed by atoms with Crippen molar-refractivity contribution in [2.24, 2.45) is 0 Å². The third-order valence-corrected chi connectivity index (χ3v) is 15.4. The summed E-state index contributed by atoms with van der Waals surface area (Å²) in [5.74, 6) is 2.43. The number of fused-ring (bicyclic) bond motifs is 3. The van der Waals surface area contributed by atoms with E-state index in [1.165, 1.54) is 17.0 Å². The van der Waals surface area contributed by atoms with Crippen LogP contribution in [0.25, 0.3) is 37.8 Å². The van der Waals surface area contributed by atoms with Crippen LogP contribution in [0.15, 0.2) is 151 Å². The number of hydrogen-bond donors (Lipinski definition) is 4. The summed E-state index contributed by atoms with van der Waals surface area (Å²) in [4.78, 5) is 74.3. The molecule has 4 amide bonds. The Morgan fingerprint density at radius 1 is 0.598 bits per heavy atom. The summed E-state index contributed by atoms with van der Waals surface area (Å²) in [7, 11) is -6.11. The average molecular weight is 1310 g/mol. The molecule has 0 saturated heterocycles. The lowest BCUT2D eigenvalue weighted by atomic mass is 10.1. The molecule has 9 rings (SSSR count). The first-order chi connectivity index (χ1) is 39.4. The van der Waals surface area contributed by atoms with Crippen molar-refractivity contribution in [1.29, 1.82) is 0 Å². The van der Waals surface area contributed by atoms with E-state index < -0.39 is 19.7 Å². The summed E-state index contributed by atoms with van der Waals surface area (Å²) >= 11 is 6.58. The Morgan fingerprint density at radius 3 is 1.83 bits per heavy atom. The molecule has 6 heterocycles. The molecule has 0 atom stereocenters. The second-order valence-corrected chi connectivity index (χ2v) is 25.6. The highest BCUT2D eigenvalue weighted by atomic mass is 32.2. The maximum atomic E-state index is 11.7. The molecule has 6 aromatic heterocycles. The van der Waals surface area contributed by atoms with Crippen molar-refractivity contribution in [3.8, 4) is 5.82 Å². The number of thioether (sulfide) groups is 3. The Labute approximate surface area is 528 Å². The average Bonchev–Trinajstić information content (AvgIpc) is 3.49. The van der Waals surface area contributed by atoms with Crippen LogP contribution in [0.1, 0.15) is 85.0 Å². The zero-order valence-electron chi connectivity index (χ0n) is 45.4. The summed E-state index contributed by atoms with van der Waals surface area (Å²) in [5.41, 5.74) is 4.98. The van der Waals surface area contributed by atoms with Crippen LogP contribution >= 0.6 is 46.6 Å². The van der Waals surface area contributed by atoms with Crippen LogP contribution in [-0.2, 0) is 24.5 Å². The molecule has 472 valence electrons. The van der Waals surface area contributed by atoms with Gasteiger partial charge in [0, 0.05) is 113 Å². The SMILES string of the molecule is C.C.C.C.C.CS(=O)(=O)CCNC(=O)c1ccc2nonc2c1.CS(=O)(=O)CCNC(=O)c1cccnc1.CSCC(=O)c1csc2ccccc12.CSCCC(=O)Nc1cnc2ccccc2c1.CSCCNC(=O)c1ccc(-n2ccnc2)nc1. The zero-order chi connectivity index (χ0) is 59.3. The van der Waals surface area contributed by atoms with Gasteiger partial charge in [-0.3, -0.25) is 38.5 Å². The summed E-state index contributed by atoms with van der Waals surface area (Å²) in [6, 6.07) is 29.4. The molecule has 0 aliphatic carbocycles. The summed E-state index contributed by atoms with van der Waals surface area (Å²) in [6.07, 6.45) is 20.1. The van der Waals surface area contributed by atoms with Gasteiger partial charge in [0.1, 0.15) is 42.9 Å². The fourth-order valence-electron chi connectivity index (χ4n) is 6.72. The number of Topliss-reactive ketones (excluding diaryl/α,β-unsaturated/α-hetero) is 1. The molecule has 0 spiro atoms. The van der Waals surface area contributed by atoms with Gasteiger partial charge >= 0.3 is 0 Å². The van der Waals surface area contributed by atoms with Crippen LogP contribution in [-0.4, -0.2) is 161 Å². The number of nitrogens with zero attached hydrogens (tertiary/aromatic N) is 7. The molecular weight excluding hydrogens is 1230 g/mol. The number of ketones is 1. The normalized spacial score (nSPS) is 10.2. The van der Waals surface area contributed by atoms with E-state index in [9.17, 15) is 40.8 Å². The van der Waals surface area contributed by atoms with E-state index in [-0.39, 0.29) is 91.1 Å². The molecule has 87 heavy (non-hydrogen) atoms. The second-order valence-electron chi connectivity index (χ2n) is 17.3. The van der Waals surface area contributed by atoms with E-state index in [4.69, 9.17) is 0 Å². The predicted molar refractivity (Wildman–Crippen MR) is 364 cm³/mol. The van der Waals surface area contributed by atoms with Crippen LogP contribution in [0.2, 0.25) is 0 Å². The molecule has 9 aromatic rings. The molecule has 4 N–H and O–H groups in total. The van der Waals surface area contributed by atoms with Crippen LogP contribution in [0.3, 0.4) is 0 Å². The molecule has 0 bridgehead atoms. The lowest BCUT2D eigenvalue weighted by Crippen LogP contribution is -2.28. The number of benzene rings is 3. The number of thiophene rings is 1. The third kappa shape index (κ3) is 28.7. The van der Waals surface area contributed by atoms with Gasteiger partial charge in [0.25, 0.3) is 17.7 Å². The number of nitrogens with one attached hydrogen (secondary N) is 4. The zero-order valence-corrected chi connectivity index (χ0v) is 50.3. The highest BCUT2D eigenvalue weighted by Gasteiger charge is 2.13. The number of carbonyl (C=O) groups is 5. The number of sulfone groups is 2. The van der Waals surface area contributed by atoms with Gasteiger partial charge in [-0.15, -0.1) is 11.3 Å². The van der Waals surface area contributed by atoms with Gasteiger partial charge in [-0.2, -0.15) is 35.3 Å². The molecule has 21 nitrogen and oxygen atoms in total. The predicted octanol–water partition coefficient (Wildman–Crippen LogP) is 10.8. The molecular formula is C60H81N11O10S6. The smallest absolute Gasteiger partial charge is 0.252 e. The molecule has 0 aliphatic rings. The van der Waals surface area contributed by atoms with Crippen LogP contribution in [0.5, 0.6) is 0 Å². The Morgan fingerprint density at radius 2 is 1.22 bits per heavy atom. The van der Waals surface area contributed by atoms with Crippen molar-refractivity contribution in [2.75, 3.05) is 85.0 Å². The fourth-order valence-corrected chi connectivity index (χ4v) is 9.75. The largest absolute Gasteiger partial charge is 0.351 e. The highest BCUT2D eigenvalue weighted by molar-refractivity contribution is 7.99. The first kappa shape index (κ1) is 79.4. The molecule has 0 unspecified atom stereocenters. The maximum absolute atomic E-state index is 11.7. The van der Waals surface area contributed by atoms with E-state index in [1.54, 1.807) is 125 Å². The Balaban J connectivity index is 0.00000105. The van der Waals surface area contributed by atoms with Gasteiger partial charge in [0.15, 0.2) is 5.78 Å². The lowest BCUT2D eigenvalue weighted by molar-refractivity contribution is -0.115. The Bertz CT molecular complexity index is 3720. The number of carbonyl (C=O) groups excluding carboxylic acids is 5. The van der Waals surface area contributed by atoms with Crippen molar-refractivity contribution in [2.45, 2.75) is 43.6 Å². The number of anilines is 1. The minimum absolute atomic E-state index is 0. The molecule has 0 radical (unpaired) electrons. The summed E-state index contributed by atoms with van der Waals surface area (Å²) < 4.78 is 50.9. The first-order valence-corrected chi connectivity index (χ1v) is 33.9. The van der Waals surface area contributed by atoms with Gasteiger partial charge in [-0.1, -0.05) is 73.5 Å². The number of aromatic nitrogens is 7. The number of rotatable bonds is 20. The van der Waals surface area contributed by atoms with E-state index in [2.05, 4.69) is 62.2 Å². The quantitative estimate of drug-likeness (QED) is 0.0407. The third-order valence-electron chi connectivity index (χ3n) is 10.8. The Kier molecular flexibility index (Phi) is 37.9. The first-order valence-electron chi connectivity index (χ1n) is 24.8. The fraction of sp³-hybridized carbons (Fsp3) is 0.317. The van der Waals surface area contributed by atoms with E-state index in [0.29, 0.717) is 46.4 Å². The van der Waals surface area contributed by atoms with E-state index in [0.717, 1.165) is 57.4 Å². The summed E-state index contributed by atoms with van der Waals surface area (Å²) in [5, 5.41) is 22.0. The minimum Gasteiger partial charge on any atom is -0.351 e. The van der Waals surface area contributed by atoms with Crippen LogP contribution in [0, 0.1) is 0 Å². The number of hydrogen-bond acceptors (Lipinski definition) is 20. The number of amides is 4. The van der Waals surface area contributed by atoms with Crippen molar-refractivity contribution < 1.29 is 45.4 Å². The van der Waals surface area contributed by atoms with Crippen molar-refractivity contribution in [3.05, 3.63) is 168 Å². The van der Waals surface area contributed by atoms with Crippen molar-refractivity contribution in [1.82, 2.24) is 50.8 Å². The monoisotopic (exact) mass is 1310 g/mol. The van der Waals surface area contributed by atoms with Crippen molar-refractivity contribution >= 4 is 133 Å². The van der Waals surface area contributed by atoms with E-state index >= 15 is 0 Å². The van der Waals surface area contributed by atoms with Gasteiger partial charge in [0.2, 0.25) is 5.91 Å². The highest BCUT2D eigenvalue weighted by Crippen LogP contribution is 2.26. The lowest BCUT2D eigenvalue weighted by Gasteiger charge is -2.05. The second kappa shape index (κ2) is 41.5. The minimum atomic E-state index is -3.08. The van der Waals surface area contributed by atoms with Crippen molar-refractivity contribution in [3.63, 3.8) is 0 Å². The Hall–Kier alpha value is -7.56. The maximum Gasteiger partial charge on any atom is 0.252 e. The topological polar surface area (TPSA) is 297 Å². The van der Waals surface area contributed by atoms with Crippen LogP contribution < -0.4 is 21.3 Å². The number of imidazole rings is 1. The standard InChI is InChI=1S/C13H14N2OS.C12H14N4OS.C11H10OS2.C10H11N3O4S.C9H12N2O3S.5CH4/c1-17-7-6-13(16)15-11-8-10-4-2-3-5-12(10)14-9-11;1-18-7-5-14-12(17)10-2-3-11(15-8-10)16-6-4-13-9-16;1-13-7-10(12)9-6-14-11-5-3-2-4-8(9)11;1-18(15,16)5-4-11-10(14)7-2-3-8-9(6-7)13-17-12-8;1-15(13,14)6-5-11-9(12)8-3-2-4-10-7-8;;;;;/h2-5,8-9H,6-7H2,1H3,(H,15,16);2-4,6,8-9H,5,7H2,1H3,(H,14,17);2-6H,7H2,1H3;2-3,6H,4-5H2,1H3,(H,11,14);2-4,7H,5-6H2,1H3,(H,11,12);5*1H4.